The summed E-state index contributed by atoms with van der Waals surface area (Å²) in [5.41, 5.74) is 10.8. The maximum Gasteiger partial charge on any atom is 0.273 e. The molecular weight excluding hydrogens is 524 g/mol. The second kappa shape index (κ2) is 11.2. The Morgan fingerprint density at radius 2 is 1.58 bits per heavy atom. The number of carbonyl (C=O) groups excluding carboxylic acids is 3. The number of hydrogen-bond donors (Lipinski definition) is 3. The molecule has 0 radical (unpaired) electrons. The highest BCUT2D eigenvalue weighted by atomic mass is 79.9. The molecule has 1 aromatic heterocycles. The molecule has 180 valence electrons. The van der Waals surface area contributed by atoms with Crippen molar-refractivity contribution in [3.63, 3.8) is 0 Å². The van der Waals surface area contributed by atoms with Gasteiger partial charge in [-0.3, -0.25) is 19.1 Å². The van der Waals surface area contributed by atoms with E-state index in [0.717, 1.165) is 5.56 Å². The number of aromatic nitrogens is 2. The summed E-state index contributed by atoms with van der Waals surface area (Å²) in [6.07, 6.45) is 3.06. The van der Waals surface area contributed by atoms with E-state index < -0.39 is 11.8 Å². The van der Waals surface area contributed by atoms with Gasteiger partial charge in [0, 0.05) is 21.8 Å². The van der Waals surface area contributed by atoms with Gasteiger partial charge < -0.3 is 11.1 Å². The Morgan fingerprint density at radius 3 is 2.31 bits per heavy atom. The van der Waals surface area contributed by atoms with E-state index in [1.807, 2.05) is 30.3 Å². The van der Waals surface area contributed by atoms with Gasteiger partial charge in [0.1, 0.15) is 12.2 Å². The van der Waals surface area contributed by atoms with E-state index in [2.05, 4.69) is 36.9 Å². The minimum Gasteiger partial charge on any atom is -0.368 e. The molecule has 0 atom stereocenters. The number of rotatable bonds is 8. The van der Waals surface area contributed by atoms with E-state index in [4.69, 9.17) is 5.73 Å². The summed E-state index contributed by atoms with van der Waals surface area (Å²) in [7, 11) is 0. The molecule has 0 aliphatic carbocycles. The van der Waals surface area contributed by atoms with Crippen molar-refractivity contribution in [2.75, 3.05) is 5.32 Å². The van der Waals surface area contributed by atoms with Crippen LogP contribution in [0.3, 0.4) is 0 Å². The molecule has 1 heterocycles. The van der Waals surface area contributed by atoms with Crippen LogP contribution >= 0.6 is 15.9 Å². The van der Waals surface area contributed by atoms with Crippen molar-refractivity contribution in [2.45, 2.75) is 6.54 Å². The fraction of sp³-hybridized carbons (Fsp3) is 0.0385. The van der Waals surface area contributed by atoms with Crippen molar-refractivity contribution in [3.8, 4) is 11.3 Å². The van der Waals surface area contributed by atoms with Crippen LogP contribution < -0.4 is 16.5 Å². The number of benzene rings is 3. The molecule has 10 heteroatoms. The van der Waals surface area contributed by atoms with Gasteiger partial charge in [0.25, 0.3) is 11.8 Å². The molecule has 9 nitrogen and oxygen atoms in total. The van der Waals surface area contributed by atoms with Crippen molar-refractivity contribution in [3.05, 3.63) is 106 Å². The largest absolute Gasteiger partial charge is 0.368 e. The van der Waals surface area contributed by atoms with Crippen LogP contribution in [0.15, 0.2) is 94.6 Å². The van der Waals surface area contributed by atoms with Gasteiger partial charge in [0.2, 0.25) is 5.91 Å². The van der Waals surface area contributed by atoms with Crippen LogP contribution in [0.5, 0.6) is 0 Å². The van der Waals surface area contributed by atoms with Gasteiger partial charge in [-0.05, 0) is 40.2 Å². The lowest BCUT2D eigenvalue weighted by Gasteiger charge is -2.10. The van der Waals surface area contributed by atoms with Crippen molar-refractivity contribution >= 4 is 45.6 Å². The van der Waals surface area contributed by atoms with Gasteiger partial charge in [0.05, 0.1) is 23.0 Å². The van der Waals surface area contributed by atoms with E-state index in [1.54, 1.807) is 54.7 Å². The first-order chi connectivity index (χ1) is 17.4. The summed E-state index contributed by atoms with van der Waals surface area (Å²) in [4.78, 5) is 36.9. The smallest absolute Gasteiger partial charge is 0.273 e. The predicted molar refractivity (Wildman–Crippen MR) is 140 cm³/mol. The Balaban J connectivity index is 1.53. The monoisotopic (exact) mass is 544 g/mol. The standard InChI is InChI=1S/C26H21BrN6O3/c27-21-12-6-4-10-19(21)25(35)30-22-13-7-5-11-20(22)26(36)31-29-14-18-15-33(16-23(28)34)32-24(18)17-8-2-1-3-9-17/h1-15H,16H2,(H2,28,34)(H,30,35)(H,31,36)/b29-14+. The van der Waals surface area contributed by atoms with Gasteiger partial charge in [-0.25, -0.2) is 5.43 Å². The maximum atomic E-state index is 12.9. The third kappa shape index (κ3) is 5.91. The van der Waals surface area contributed by atoms with Crippen molar-refractivity contribution in [2.24, 2.45) is 10.8 Å². The summed E-state index contributed by atoms with van der Waals surface area (Å²) in [6.45, 7) is -0.0926. The number of halogens is 1. The Bertz CT molecular complexity index is 1450. The van der Waals surface area contributed by atoms with Gasteiger partial charge in [-0.1, -0.05) is 54.6 Å². The molecular formula is C26H21BrN6O3. The number of hydrazone groups is 1. The summed E-state index contributed by atoms with van der Waals surface area (Å²) >= 11 is 3.36. The van der Waals surface area contributed by atoms with Crippen LogP contribution in [-0.2, 0) is 11.3 Å². The Kier molecular flexibility index (Phi) is 7.66. The molecule has 0 aliphatic heterocycles. The number of nitrogens with zero attached hydrogens (tertiary/aromatic N) is 3. The van der Waals surface area contributed by atoms with E-state index >= 15 is 0 Å². The lowest BCUT2D eigenvalue weighted by molar-refractivity contribution is -0.118. The van der Waals surface area contributed by atoms with Crippen LogP contribution in [-0.4, -0.2) is 33.7 Å². The van der Waals surface area contributed by atoms with E-state index in [-0.39, 0.29) is 18.0 Å². The molecule has 0 saturated carbocycles. The number of hydrogen-bond acceptors (Lipinski definition) is 5. The molecule has 0 fully saturated rings. The Morgan fingerprint density at radius 1 is 0.917 bits per heavy atom. The third-order valence-electron chi connectivity index (χ3n) is 5.06. The zero-order chi connectivity index (χ0) is 25.5. The van der Waals surface area contributed by atoms with Crippen LogP contribution in [0.1, 0.15) is 26.3 Å². The van der Waals surface area contributed by atoms with Gasteiger partial charge in [-0.2, -0.15) is 10.2 Å². The first-order valence-corrected chi connectivity index (χ1v) is 11.6. The molecule has 4 N–H and O–H groups in total. The number of primary amides is 1. The number of carbonyl (C=O) groups is 3. The zero-order valence-electron chi connectivity index (χ0n) is 18.9. The lowest BCUT2D eigenvalue weighted by Crippen LogP contribution is -2.21. The fourth-order valence-electron chi connectivity index (χ4n) is 3.44. The van der Waals surface area contributed by atoms with Crippen LogP contribution in [0.4, 0.5) is 5.69 Å². The quantitative estimate of drug-likeness (QED) is 0.230. The summed E-state index contributed by atoms with van der Waals surface area (Å²) in [6, 6.07) is 23.0. The molecule has 4 rings (SSSR count). The Labute approximate surface area is 215 Å². The highest BCUT2D eigenvalue weighted by Gasteiger charge is 2.16. The van der Waals surface area contributed by atoms with Crippen LogP contribution in [0, 0.1) is 0 Å². The van der Waals surface area contributed by atoms with Gasteiger partial charge >= 0.3 is 0 Å². The lowest BCUT2D eigenvalue weighted by atomic mass is 10.1. The average molecular weight is 545 g/mol. The molecule has 0 bridgehead atoms. The number of nitrogens with one attached hydrogen (secondary N) is 2. The molecule has 36 heavy (non-hydrogen) atoms. The van der Waals surface area contributed by atoms with E-state index in [1.165, 1.54) is 10.9 Å². The first-order valence-electron chi connectivity index (χ1n) is 10.8. The minimum absolute atomic E-state index is 0.0926. The number of amides is 3. The average Bonchev–Trinajstić information content (AvgIpc) is 3.26. The van der Waals surface area contributed by atoms with E-state index in [9.17, 15) is 14.4 Å². The van der Waals surface area contributed by atoms with Crippen LogP contribution in [0.2, 0.25) is 0 Å². The second-order valence-corrected chi connectivity index (χ2v) is 8.50. The maximum absolute atomic E-state index is 12.9. The molecule has 0 spiro atoms. The van der Waals surface area contributed by atoms with E-state index in [0.29, 0.717) is 27.0 Å². The number of para-hydroxylation sites is 1. The van der Waals surface area contributed by atoms with Crippen molar-refractivity contribution in [1.29, 1.82) is 0 Å². The molecule has 0 unspecified atom stereocenters. The SMILES string of the molecule is NC(=O)Cn1cc(/C=N/NC(=O)c2ccccc2NC(=O)c2ccccc2Br)c(-c2ccccc2)n1. The number of nitrogens with two attached hydrogens (primary N) is 1. The normalized spacial score (nSPS) is 10.8. The fourth-order valence-corrected chi connectivity index (χ4v) is 3.90. The summed E-state index contributed by atoms with van der Waals surface area (Å²) < 4.78 is 2.06. The van der Waals surface area contributed by atoms with Crippen LogP contribution in [0.25, 0.3) is 11.3 Å². The highest BCUT2D eigenvalue weighted by molar-refractivity contribution is 9.10. The molecule has 3 amide bonds. The van der Waals surface area contributed by atoms with Gasteiger partial charge in [0.15, 0.2) is 0 Å². The minimum atomic E-state index is -0.532. The molecule has 4 aromatic rings. The number of anilines is 1. The van der Waals surface area contributed by atoms with Gasteiger partial charge in [-0.15, -0.1) is 0 Å². The first kappa shape index (κ1) is 24.6. The highest BCUT2D eigenvalue weighted by Crippen LogP contribution is 2.22. The third-order valence-corrected chi connectivity index (χ3v) is 5.75. The molecule has 0 saturated heterocycles. The topological polar surface area (TPSA) is 131 Å². The van der Waals surface area contributed by atoms with Crippen molar-refractivity contribution in [1.82, 2.24) is 15.2 Å². The summed E-state index contributed by atoms with van der Waals surface area (Å²) in [5, 5.41) is 11.3. The second-order valence-electron chi connectivity index (χ2n) is 7.64. The molecule has 3 aromatic carbocycles. The predicted octanol–water partition coefficient (Wildman–Crippen LogP) is 3.81. The molecule has 0 aliphatic rings. The van der Waals surface area contributed by atoms with Crippen molar-refractivity contribution < 1.29 is 14.4 Å². The Hall–Kier alpha value is -4.57. The zero-order valence-corrected chi connectivity index (χ0v) is 20.5. The summed E-state index contributed by atoms with van der Waals surface area (Å²) in [5.74, 6) is -1.41.